The molecule has 0 N–H and O–H groups in total. The van der Waals surface area contributed by atoms with Crippen molar-refractivity contribution in [3.8, 4) is 0 Å². The van der Waals surface area contributed by atoms with E-state index >= 15 is 0 Å². The lowest BCUT2D eigenvalue weighted by Crippen LogP contribution is -2.02. The molecule has 0 spiro atoms. The summed E-state index contributed by atoms with van der Waals surface area (Å²) in [5, 5.41) is 0. The molecule has 0 aromatic carbocycles. The van der Waals surface area contributed by atoms with E-state index in [1.807, 2.05) is 0 Å². The quantitative estimate of drug-likeness (QED) is 0.603. The van der Waals surface area contributed by atoms with Crippen LogP contribution in [0.1, 0.15) is 24.7 Å². The highest BCUT2D eigenvalue weighted by Gasteiger charge is 1.99. The van der Waals surface area contributed by atoms with Gasteiger partial charge in [-0.2, -0.15) is 0 Å². The molecule has 1 heteroatoms. The normalized spacial score (nSPS) is 10.2. The summed E-state index contributed by atoms with van der Waals surface area (Å²) in [5.41, 5.74) is 3.94. The van der Waals surface area contributed by atoms with Gasteiger partial charge in [-0.05, 0) is 39.3 Å². The number of rotatable bonds is 3. The van der Waals surface area contributed by atoms with Gasteiger partial charge in [0.05, 0.1) is 0 Å². The van der Waals surface area contributed by atoms with Gasteiger partial charge in [0.15, 0.2) is 0 Å². The van der Waals surface area contributed by atoms with Crippen molar-refractivity contribution in [1.29, 1.82) is 0 Å². The highest BCUT2D eigenvalue weighted by atomic mass is 15.0. The van der Waals surface area contributed by atoms with Gasteiger partial charge in [-0.1, -0.05) is 5.57 Å². The van der Waals surface area contributed by atoms with Gasteiger partial charge in [-0.15, -0.1) is 6.58 Å². The molecule has 1 rings (SSSR count). The van der Waals surface area contributed by atoms with E-state index in [2.05, 4.69) is 44.0 Å². The van der Waals surface area contributed by atoms with Crippen LogP contribution in [0, 0.1) is 13.8 Å². The third kappa shape index (κ3) is 2.00. The van der Waals surface area contributed by atoms with Gasteiger partial charge >= 0.3 is 0 Å². The first kappa shape index (κ1) is 9.11. The Bertz CT molecular complexity index is 262. The van der Waals surface area contributed by atoms with Crippen molar-refractivity contribution in [3.05, 3.63) is 35.7 Å². The Morgan fingerprint density at radius 3 is 2.25 bits per heavy atom. The topological polar surface area (TPSA) is 4.93 Å². The fourth-order valence-electron chi connectivity index (χ4n) is 1.35. The SMILES string of the molecule is C=C(C)CCn1c(C)ccc1C. The Labute approximate surface area is 74.7 Å². The summed E-state index contributed by atoms with van der Waals surface area (Å²) in [6, 6.07) is 4.32. The Kier molecular flexibility index (Phi) is 2.74. The molecule has 1 nitrogen and oxygen atoms in total. The van der Waals surface area contributed by atoms with Crippen LogP contribution >= 0.6 is 0 Å². The lowest BCUT2D eigenvalue weighted by Gasteiger charge is -2.08. The molecule has 0 fully saturated rings. The first-order valence-electron chi connectivity index (χ1n) is 4.38. The van der Waals surface area contributed by atoms with E-state index in [9.17, 15) is 0 Å². The largest absolute Gasteiger partial charge is 0.349 e. The maximum absolute atomic E-state index is 3.90. The summed E-state index contributed by atoms with van der Waals surface area (Å²) < 4.78 is 2.33. The minimum absolute atomic E-state index is 1.07. The Balaban J connectivity index is 2.68. The van der Waals surface area contributed by atoms with Crippen LogP contribution in [0.2, 0.25) is 0 Å². The van der Waals surface area contributed by atoms with Crippen molar-refractivity contribution in [2.75, 3.05) is 0 Å². The molecular weight excluding hydrogens is 146 g/mol. The van der Waals surface area contributed by atoms with Gasteiger partial charge in [0.2, 0.25) is 0 Å². The number of allylic oxidation sites excluding steroid dienone is 1. The first-order chi connectivity index (χ1) is 5.61. The molecule has 0 saturated heterocycles. The molecule has 1 aromatic rings. The van der Waals surface area contributed by atoms with Gasteiger partial charge in [-0.3, -0.25) is 0 Å². The predicted molar refractivity (Wildman–Crippen MR) is 53.3 cm³/mol. The zero-order valence-electron chi connectivity index (χ0n) is 8.22. The van der Waals surface area contributed by atoms with Crippen LogP contribution in [0.3, 0.4) is 0 Å². The summed E-state index contributed by atoms with van der Waals surface area (Å²) in [6.45, 7) is 11.3. The van der Waals surface area contributed by atoms with E-state index in [1.54, 1.807) is 0 Å². The van der Waals surface area contributed by atoms with Gasteiger partial charge in [-0.25, -0.2) is 0 Å². The fraction of sp³-hybridized carbons (Fsp3) is 0.455. The smallest absolute Gasteiger partial charge is 0.0261 e. The van der Waals surface area contributed by atoms with Crippen LogP contribution in [0.15, 0.2) is 24.3 Å². The molecule has 12 heavy (non-hydrogen) atoms. The van der Waals surface area contributed by atoms with Gasteiger partial charge in [0, 0.05) is 17.9 Å². The summed E-state index contributed by atoms with van der Waals surface area (Å²) in [5.74, 6) is 0. The van der Waals surface area contributed by atoms with Crippen LogP contribution in [-0.2, 0) is 6.54 Å². The van der Waals surface area contributed by atoms with Crippen molar-refractivity contribution in [2.45, 2.75) is 33.7 Å². The second-order valence-corrected chi connectivity index (χ2v) is 3.47. The highest BCUT2D eigenvalue weighted by molar-refractivity contribution is 5.13. The molecule has 0 saturated carbocycles. The molecule has 1 heterocycles. The zero-order valence-corrected chi connectivity index (χ0v) is 8.22. The fourth-order valence-corrected chi connectivity index (χ4v) is 1.35. The summed E-state index contributed by atoms with van der Waals surface area (Å²) in [7, 11) is 0. The molecular formula is C11H17N. The molecule has 0 unspecified atom stereocenters. The molecule has 0 bridgehead atoms. The Hall–Kier alpha value is -0.980. The summed E-state index contributed by atoms with van der Waals surface area (Å²) >= 11 is 0. The second-order valence-electron chi connectivity index (χ2n) is 3.47. The minimum atomic E-state index is 1.07. The molecule has 0 amide bonds. The second kappa shape index (κ2) is 3.61. The van der Waals surface area contributed by atoms with E-state index in [1.165, 1.54) is 17.0 Å². The van der Waals surface area contributed by atoms with Crippen molar-refractivity contribution in [2.24, 2.45) is 0 Å². The molecule has 66 valence electrons. The van der Waals surface area contributed by atoms with Crippen molar-refractivity contribution >= 4 is 0 Å². The third-order valence-corrected chi connectivity index (χ3v) is 2.18. The number of hydrogen-bond acceptors (Lipinski definition) is 0. The molecule has 1 aromatic heterocycles. The van der Waals surface area contributed by atoms with Crippen molar-refractivity contribution in [1.82, 2.24) is 4.57 Å². The van der Waals surface area contributed by atoms with Crippen LogP contribution in [0.5, 0.6) is 0 Å². The Morgan fingerprint density at radius 1 is 1.33 bits per heavy atom. The summed E-state index contributed by atoms with van der Waals surface area (Å²) in [6.07, 6.45) is 1.08. The number of aryl methyl sites for hydroxylation is 2. The van der Waals surface area contributed by atoms with E-state index < -0.39 is 0 Å². The standard InChI is InChI=1S/C11H17N/c1-9(2)7-8-12-10(3)5-6-11(12)4/h5-6H,1,7-8H2,2-4H3. The van der Waals surface area contributed by atoms with Gasteiger partial charge in [0.1, 0.15) is 0 Å². The number of nitrogens with zero attached hydrogens (tertiary/aromatic N) is 1. The minimum Gasteiger partial charge on any atom is -0.349 e. The molecule has 0 aliphatic heterocycles. The van der Waals surface area contributed by atoms with E-state index in [-0.39, 0.29) is 0 Å². The maximum atomic E-state index is 3.90. The Morgan fingerprint density at radius 2 is 1.83 bits per heavy atom. The average Bonchev–Trinajstić information content (AvgIpc) is 2.28. The molecule has 0 aliphatic rings. The monoisotopic (exact) mass is 163 g/mol. The molecule has 0 aliphatic carbocycles. The lowest BCUT2D eigenvalue weighted by molar-refractivity contribution is 0.661. The van der Waals surface area contributed by atoms with Crippen LogP contribution < -0.4 is 0 Å². The number of hydrogen-bond donors (Lipinski definition) is 0. The third-order valence-electron chi connectivity index (χ3n) is 2.18. The van der Waals surface area contributed by atoms with E-state index in [4.69, 9.17) is 0 Å². The van der Waals surface area contributed by atoms with Gasteiger partial charge in [0.25, 0.3) is 0 Å². The molecule has 0 atom stereocenters. The van der Waals surface area contributed by atoms with Crippen LogP contribution in [-0.4, -0.2) is 4.57 Å². The van der Waals surface area contributed by atoms with Crippen LogP contribution in [0.25, 0.3) is 0 Å². The van der Waals surface area contributed by atoms with Crippen molar-refractivity contribution < 1.29 is 0 Å². The predicted octanol–water partition coefficient (Wildman–Crippen LogP) is 3.07. The highest BCUT2D eigenvalue weighted by Crippen LogP contribution is 2.09. The van der Waals surface area contributed by atoms with Gasteiger partial charge < -0.3 is 4.57 Å². The maximum Gasteiger partial charge on any atom is 0.0261 e. The van der Waals surface area contributed by atoms with Crippen molar-refractivity contribution in [3.63, 3.8) is 0 Å². The van der Waals surface area contributed by atoms with E-state index in [0.717, 1.165) is 13.0 Å². The number of aromatic nitrogens is 1. The van der Waals surface area contributed by atoms with E-state index in [0.29, 0.717) is 0 Å². The zero-order chi connectivity index (χ0) is 9.14. The molecule has 0 radical (unpaired) electrons. The lowest BCUT2D eigenvalue weighted by atomic mass is 10.2. The first-order valence-corrected chi connectivity index (χ1v) is 4.38. The summed E-state index contributed by atoms with van der Waals surface area (Å²) in [4.78, 5) is 0. The average molecular weight is 163 g/mol. The van der Waals surface area contributed by atoms with Crippen LogP contribution in [0.4, 0.5) is 0 Å².